The van der Waals surface area contributed by atoms with Gasteiger partial charge in [-0.15, -0.1) is 0 Å². The highest BCUT2D eigenvalue weighted by Gasteiger charge is 2.25. The van der Waals surface area contributed by atoms with Gasteiger partial charge >= 0.3 is 0 Å². The molecule has 7 nitrogen and oxygen atoms in total. The molecule has 3 heterocycles. The SMILES string of the molecule is CS(=O)(=O)N[C@H]1CCCN(C(=O)Cc2cn3ccccc3n2)C1. The second-order valence-corrected chi connectivity index (χ2v) is 7.72. The molecule has 1 fully saturated rings. The number of amides is 1. The molecule has 124 valence electrons. The summed E-state index contributed by atoms with van der Waals surface area (Å²) in [4.78, 5) is 18.6. The summed E-state index contributed by atoms with van der Waals surface area (Å²) >= 11 is 0. The minimum Gasteiger partial charge on any atom is -0.341 e. The fourth-order valence-corrected chi connectivity index (χ4v) is 3.74. The van der Waals surface area contributed by atoms with Crippen LogP contribution in [0.25, 0.3) is 5.65 Å². The topological polar surface area (TPSA) is 83.8 Å². The van der Waals surface area contributed by atoms with Crippen molar-refractivity contribution in [2.45, 2.75) is 25.3 Å². The lowest BCUT2D eigenvalue weighted by Crippen LogP contribution is -2.49. The van der Waals surface area contributed by atoms with Crippen LogP contribution < -0.4 is 4.72 Å². The normalized spacial score (nSPS) is 19.2. The van der Waals surface area contributed by atoms with Gasteiger partial charge in [0.25, 0.3) is 0 Å². The average molecular weight is 336 g/mol. The summed E-state index contributed by atoms with van der Waals surface area (Å²) < 4.78 is 27.1. The Morgan fingerprint density at radius 2 is 2.26 bits per heavy atom. The zero-order chi connectivity index (χ0) is 16.4. The molecule has 1 saturated heterocycles. The Hall–Kier alpha value is -1.93. The molecule has 8 heteroatoms. The van der Waals surface area contributed by atoms with Gasteiger partial charge in [0.15, 0.2) is 0 Å². The number of sulfonamides is 1. The van der Waals surface area contributed by atoms with E-state index in [-0.39, 0.29) is 18.4 Å². The maximum absolute atomic E-state index is 12.5. The quantitative estimate of drug-likeness (QED) is 0.877. The van der Waals surface area contributed by atoms with E-state index in [1.165, 1.54) is 0 Å². The number of imidazole rings is 1. The van der Waals surface area contributed by atoms with E-state index < -0.39 is 10.0 Å². The molecule has 0 saturated carbocycles. The van der Waals surface area contributed by atoms with Gasteiger partial charge in [0.1, 0.15) is 5.65 Å². The predicted octanol–water partition coefficient (Wildman–Crippen LogP) is 0.417. The van der Waals surface area contributed by atoms with Gasteiger partial charge in [-0.3, -0.25) is 4.79 Å². The van der Waals surface area contributed by atoms with Crippen molar-refractivity contribution < 1.29 is 13.2 Å². The molecule has 1 atom stereocenters. The third-order valence-corrected chi connectivity index (χ3v) is 4.66. The zero-order valence-corrected chi connectivity index (χ0v) is 13.8. The number of rotatable bonds is 4. The van der Waals surface area contributed by atoms with E-state index in [1.54, 1.807) is 4.90 Å². The van der Waals surface area contributed by atoms with Crippen molar-refractivity contribution in [3.8, 4) is 0 Å². The summed E-state index contributed by atoms with van der Waals surface area (Å²) in [6.07, 6.45) is 6.67. The molecule has 1 N–H and O–H groups in total. The van der Waals surface area contributed by atoms with Gasteiger partial charge in [-0.1, -0.05) is 6.07 Å². The Morgan fingerprint density at radius 1 is 1.43 bits per heavy atom. The number of nitrogens with one attached hydrogen (secondary N) is 1. The molecule has 2 aromatic rings. The van der Waals surface area contributed by atoms with E-state index in [0.717, 1.165) is 30.4 Å². The predicted molar refractivity (Wildman–Crippen MR) is 86.5 cm³/mol. The van der Waals surface area contributed by atoms with Gasteiger partial charge in [0, 0.05) is 31.5 Å². The Labute approximate surface area is 135 Å². The van der Waals surface area contributed by atoms with Crippen LogP contribution in [0.4, 0.5) is 0 Å². The first-order chi connectivity index (χ1) is 10.9. The molecule has 0 aliphatic carbocycles. The maximum atomic E-state index is 12.5. The molecule has 0 radical (unpaired) electrons. The Morgan fingerprint density at radius 3 is 3.00 bits per heavy atom. The van der Waals surface area contributed by atoms with Crippen LogP contribution in [0.5, 0.6) is 0 Å². The van der Waals surface area contributed by atoms with Crippen molar-refractivity contribution in [3.05, 3.63) is 36.3 Å². The third kappa shape index (κ3) is 4.08. The van der Waals surface area contributed by atoms with Gasteiger partial charge in [-0.05, 0) is 25.0 Å². The van der Waals surface area contributed by atoms with Gasteiger partial charge in [0.2, 0.25) is 15.9 Å². The standard InChI is InChI=1S/C15H20N4O3S/c1-23(21,22)17-12-5-4-8-19(10-12)15(20)9-13-11-18-7-3-2-6-14(18)16-13/h2-3,6-7,11-12,17H,4-5,8-10H2,1H3/t12-/m0/s1. The van der Waals surface area contributed by atoms with E-state index >= 15 is 0 Å². The molecule has 3 rings (SSSR count). The summed E-state index contributed by atoms with van der Waals surface area (Å²) in [5, 5.41) is 0. The number of piperidine rings is 1. The first kappa shape index (κ1) is 15.9. The van der Waals surface area contributed by atoms with E-state index in [0.29, 0.717) is 13.1 Å². The first-order valence-electron chi connectivity index (χ1n) is 7.58. The summed E-state index contributed by atoms with van der Waals surface area (Å²) in [6.45, 7) is 1.08. The van der Waals surface area contributed by atoms with Crippen LogP contribution in [0.15, 0.2) is 30.6 Å². The number of hydrogen-bond acceptors (Lipinski definition) is 4. The van der Waals surface area contributed by atoms with Crippen LogP contribution in [0, 0.1) is 0 Å². The van der Waals surface area contributed by atoms with E-state index in [9.17, 15) is 13.2 Å². The van der Waals surface area contributed by atoms with Crippen LogP contribution in [-0.2, 0) is 21.2 Å². The molecule has 0 unspecified atom stereocenters. The number of likely N-dealkylation sites (tertiary alicyclic amines) is 1. The molecule has 0 aromatic carbocycles. The zero-order valence-electron chi connectivity index (χ0n) is 13.0. The maximum Gasteiger partial charge on any atom is 0.228 e. The van der Waals surface area contributed by atoms with Crippen molar-refractivity contribution in [1.82, 2.24) is 19.0 Å². The fourth-order valence-electron chi connectivity index (χ4n) is 2.94. The molecule has 2 aromatic heterocycles. The van der Waals surface area contributed by atoms with Crippen molar-refractivity contribution in [2.75, 3.05) is 19.3 Å². The lowest BCUT2D eigenvalue weighted by Gasteiger charge is -2.32. The average Bonchev–Trinajstić information content (AvgIpc) is 2.87. The van der Waals surface area contributed by atoms with Gasteiger partial charge in [-0.2, -0.15) is 0 Å². The van der Waals surface area contributed by atoms with Gasteiger partial charge in [0.05, 0.1) is 18.4 Å². The summed E-state index contributed by atoms with van der Waals surface area (Å²) in [5.74, 6) is -0.0200. The van der Waals surface area contributed by atoms with Crippen LogP contribution in [-0.4, -0.2) is 54.0 Å². The third-order valence-electron chi connectivity index (χ3n) is 3.90. The van der Waals surface area contributed by atoms with Crippen LogP contribution in [0.3, 0.4) is 0 Å². The number of carbonyl (C=O) groups is 1. The number of nitrogens with zero attached hydrogens (tertiary/aromatic N) is 3. The molecule has 0 spiro atoms. The van der Waals surface area contributed by atoms with Gasteiger partial charge < -0.3 is 9.30 Å². The highest BCUT2D eigenvalue weighted by Crippen LogP contribution is 2.13. The minimum absolute atomic E-state index is 0.0200. The van der Waals surface area contributed by atoms with Crippen molar-refractivity contribution in [2.24, 2.45) is 0 Å². The molecule has 1 aliphatic heterocycles. The molecular formula is C15H20N4O3S. The van der Waals surface area contributed by atoms with Crippen molar-refractivity contribution in [3.63, 3.8) is 0 Å². The monoisotopic (exact) mass is 336 g/mol. The summed E-state index contributed by atoms with van der Waals surface area (Å²) in [5.41, 5.74) is 1.53. The summed E-state index contributed by atoms with van der Waals surface area (Å²) in [7, 11) is -3.25. The molecule has 1 aliphatic rings. The van der Waals surface area contributed by atoms with Crippen molar-refractivity contribution >= 4 is 21.6 Å². The number of hydrogen-bond donors (Lipinski definition) is 1. The Bertz CT molecular complexity index is 782. The van der Waals surface area contributed by atoms with E-state index in [4.69, 9.17) is 0 Å². The highest BCUT2D eigenvalue weighted by atomic mass is 32.2. The molecule has 23 heavy (non-hydrogen) atoms. The summed E-state index contributed by atoms with van der Waals surface area (Å²) in [6, 6.07) is 5.50. The van der Waals surface area contributed by atoms with Crippen molar-refractivity contribution in [1.29, 1.82) is 0 Å². The van der Waals surface area contributed by atoms with Crippen LogP contribution in [0.2, 0.25) is 0 Å². The highest BCUT2D eigenvalue weighted by molar-refractivity contribution is 7.88. The van der Waals surface area contributed by atoms with Crippen LogP contribution in [0.1, 0.15) is 18.5 Å². The second-order valence-electron chi connectivity index (χ2n) is 5.94. The molecule has 1 amide bonds. The molecule has 0 bridgehead atoms. The smallest absolute Gasteiger partial charge is 0.228 e. The van der Waals surface area contributed by atoms with Crippen LogP contribution >= 0.6 is 0 Å². The first-order valence-corrected chi connectivity index (χ1v) is 9.47. The number of aromatic nitrogens is 2. The van der Waals surface area contributed by atoms with E-state index in [1.807, 2.05) is 35.0 Å². The molecular weight excluding hydrogens is 316 g/mol. The Balaban J connectivity index is 1.65. The number of pyridine rings is 1. The van der Waals surface area contributed by atoms with E-state index in [2.05, 4.69) is 9.71 Å². The lowest BCUT2D eigenvalue weighted by molar-refractivity contribution is -0.131. The minimum atomic E-state index is -3.25. The second kappa shape index (κ2) is 6.29. The number of fused-ring (bicyclic) bond motifs is 1. The number of carbonyl (C=O) groups excluding carboxylic acids is 1. The Kier molecular flexibility index (Phi) is 4.36. The fraction of sp³-hybridized carbons (Fsp3) is 0.467. The van der Waals surface area contributed by atoms with Gasteiger partial charge in [-0.25, -0.2) is 18.1 Å². The lowest BCUT2D eigenvalue weighted by atomic mass is 10.1. The largest absolute Gasteiger partial charge is 0.341 e.